The molecule has 0 aromatic heterocycles. The van der Waals surface area contributed by atoms with Crippen LogP contribution in [0.4, 0.5) is 5.69 Å². The number of rotatable bonds is 3. The van der Waals surface area contributed by atoms with E-state index < -0.39 is 4.92 Å². The van der Waals surface area contributed by atoms with E-state index in [1.54, 1.807) is 11.9 Å². The van der Waals surface area contributed by atoms with Crippen LogP contribution in [0.1, 0.15) is 23.2 Å². The van der Waals surface area contributed by atoms with Crippen LogP contribution < -0.4 is 0 Å². The zero-order valence-electron chi connectivity index (χ0n) is 12.1. The van der Waals surface area contributed by atoms with Crippen LogP contribution in [-0.4, -0.2) is 53.9 Å². The van der Waals surface area contributed by atoms with Crippen molar-refractivity contribution in [2.75, 3.05) is 27.2 Å². The molecule has 1 unspecified atom stereocenters. The smallest absolute Gasteiger partial charge is 0.287 e. The van der Waals surface area contributed by atoms with Crippen LogP contribution in [-0.2, 0) is 0 Å². The van der Waals surface area contributed by atoms with E-state index in [9.17, 15) is 14.9 Å². The van der Waals surface area contributed by atoms with Gasteiger partial charge in [-0.15, -0.1) is 0 Å². The molecular formula is C14H18ClN3O3. The van der Waals surface area contributed by atoms with Crippen molar-refractivity contribution in [1.82, 2.24) is 9.80 Å². The summed E-state index contributed by atoms with van der Waals surface area (Å²) < 4.78 is 0. The van der Waals surface area contributed by atoms with E-state index in [0.717, 1.165) is 25.9 Å². The SMILES string of the molecule is CN1CCCC(N(C)C(=O)c2ccc([N+](=O)[O-])c(Cl)c2)C1. The van der Waals surface area contributed by atoms with Crippen LogP contribution in [0.15, 0.2) is 18.2 Å². The van der Waals surface area contributed by atoms with Crippen molar-refractivity contribution in [2.24, 2.45) is 0 Å². The second-order valence-electron chi connectivity index (χ2n) is 5.40. The summed E-state index contributed by atoms with van der Waals surface area (Å²) in [5.74, 6) is -0.160. The van der Waals surface area contributed by atoms with Gasteiger partial charge in [-0.3, -0.25) is 14.9 Å². The van der Waals surface area contributed by atoms with E-state index in [0.29, 0.717) is 5.56 Å². The van der Waals surface area contributed by atoms with E-state index in [-0.39, 0.29) is 22.7 Å². The molecule has 1 atom stereocenters. The van der Waals surface area contributed by atoms with Gasteiger partial charge in [0.2, 0.25) is 0 Å². The fourth-order valence-corrected chi connectivity index (χ4v) is 2.86. The van der Waals surface area contributed by atoms with Gasteiger partial charge in [0.15, 0.2) is 0 Å². The molecule has 0 N–H and O–H groups in total. The molecule has 1 saturated heterocycles. The molecule has 21 heavy (non-hydrogen) atoms. The molecule has 0 saturated carbocycles. The Morgan fingerprint density at radius 3 is 2.81 bits per heavy atom. The van der Waals surface area contributed by atoms with Crippen molar-refractivity contribution in [2.45, 2.75) is 18.9 Å². The van der Waals surface area contributed by atoms with Crippen LogP contribution in [0.3, 0.4) is 0 Å². The van der Waals surface area contributed by atoms with E-state index in [1.165, 1.54) is 18.2 Å². The van der Waals surface area contributed by atoms with Gasteiger partial charge in [0.05, 0.1) is 4.92 Å². The molecular weight excluding hydrogens is 294 g/mol. The van der Waals surface area contributed by atoms with E-state index in [4.69, 9.17) is 11.6 Å². The molecule has 1 aliphatic heterocycles. The molecule has 0 radical (unpaired) electrons. The van der Waals surface area contributed by atoms with Gasteiger partial charge < -0.3 is 9.80 Å². The van der Waals surface area contributed by atoms with Crippen molar-refractivity contribution in [3.05, 3.63) is 38.9 Å². The van der Waals surface area contributed by atoms with Crippen molar-refractivity contribution < 1.29 is 9.72 Å². The Bertz CT molecular complexity index is 564. The Morgan fingerprint density at radius 1 is 1.52 bits per heavy atom. The summed E-state index contributed by atoms with van der Waals surface area (Å²) in [5.41, 5.74) is 0.189. The largest absolute Gasteiger partial charge is 0.337 e. The van der Waals surface area contributed by atoms with Crippen LogP contribution in [0.2, 0.25) is 5.02 Å². The summed E-state index contributed by atoms with van der Waals surface area (Å²) in [6.45, 7) is 1.88. The maximum atomic E-state index is 12.5. The minimum Gasteiger partial charge on any atom is -0.337 e. The number of likely N-dealkylation sites (tertiary alicyclic amines) is 1. The number of nitro groups is 1. The third-order valence-corrected chi connectivity index (χ3v) is 4.16. The normalized spacial score (nSPS) is 19.3. The predicted octanol–water partition coefficient (Wildman–Crippen LogP) is 2.41. The Labute approximate surface area is 128 Å². The molecule has 2 rings (SSSR count). The first-order valence-electron chi connectivity index (χ1n) is 6.80. The van der Waals surface area contributed by atoms with Gasteiger partial charge in [0.25, 0.3) is 11.6 Å². The number of benzene rings is 1. The molecule has 114 valence electrons. The van der Waals surface area contributed by atoms with Crippen LogP contribution in [0.25, 0.3) is 0 Å². The number of likely N-dealkylation sites (N-methyl/N-ethyl adjacent to an activating group) is 2. The lowest BCUT2D eigenvalue weighted by Crippen LogP contribution is -2.47. The van der Waals surface area contributed by atoms with Gasteiger partial charge in [-0.2, -0.15) is 0 Å². The van der Waals surface area contributed by atoms with Crippen LogP contribution >= 0.6 is 11.6 Å². The molecule has 0 bridgehead atoms. The van der Waals surface area contributed by atoms with Gasteiger partial charge in [-0.05, 0) is 38.6 Å². The lowest BCUT2D eigenvalue weighted by Gasteiger charge is -2.35. The monoisotopic (exact) mass is 311 g/mol. The number of carbonyl (C=O) groups excluding carboxylic acids is 1. The van der Waals surface area contributed by atoms with Gasteiger partial charge in [-0.1, -0.05) is 11.6 Å². The fraction of sp³-hybridized carbons (Fsp3) is 0.500. The molecule has 6 nitrogen and oxygen atoms in total. The van der Waals surface area contributed by atoms with Crippen LogP contribution in [0, 0.1) is 10.1 Å². The summed E-state index contributed by atoms with van der Waals surface area (Å²) in [5, 5.41) is 10.7. The predicted molar refractivity (Wildman–Crippen MR) is 80.7 cm³/mol. The molecule has 1 aromatic rings. The Kier molecular flexibility index (Phi) is 4.80. The number of nitro benzene ring substituents is 1. The standard InChI is InChI=1S/C14H18ClN3O3/c1-16-7-3-4-11(9-16)17(2)14(19)10-5-6-13(18(20)21)12(15)8-10/h5-6,8,11H,3-4,7,9H2,1-2H3. The minimum absolute atomic E-state index is 0.0139. The first-order valence-corrected chi connectivity index (χ1v) is 7.17. The summed E-state index contributed by atoms with van der Waals surface area (Å²) in [7, 11) is 3.80. The van der Waals surface area contributed by atoms with E-state index in [2.05, 4.69) is 4.90 Å². The second-order valence-corrected chi connectivity index (χ2v) is 5.80. The van der Waals surface area contributed by atoms with Gasteiger partial charge in [-0.25, -0.2) is 0 Å². The Balaban J connectivity index is 2.15. The quantitative estimate of drug-likeness (QED) is 0.635. The number of carbonyl (C=O) groups is 1. The van der Waals surface area contributed by atoms with Gasteiger partial charge in [0, 0.05) is 31.3 Å². The lowest BCUT2D eigenvalue weighted by atomic mass is 10.0. The summed E-state index contributed by atoms with van der Waals surface area (Å²) in [6.07, 6.45) is 2.02. The summed E-state index contributed by atoms with van der Waals surface area (Å²) in [6, 6.07) is 4.25. The van der Waals surface area contributed by atoms with Gasteiger partial charge in [0.1, 0.15) is 5.02 Å². The zero-order valence-corrected chi connectivity index (χ0v) is 12.8. The topological polar surface area (TPSA) is 66.7 Å². The zero-order chi connectivity index (χ0) is 15.6. The molecule has 1 heterocycles. The van der Waals surface area contributed by atoms with Crippen molar-refractivity contribution in [3.8, 4) is 0 Å². The third-order valence-electron chi connectivity index (χ3n) is 3.86. The summed E-state index contributed by atoms with van der Waals surface area (Å²) in [4.78, 5) is 26.5. The molecule has 1 aliphatic rings. The average molecular weight is 312 g/mol. The third kappa shape index (κ3) is 3.51. The fourth-order valence-electron chi connectivity index (χ4n) is 2.61. The number of halogens is 1. The summed E-state index contributed by atoms with van der Waals surface area (Å²) >= 11 is 5.86. The Morgan fingerprint density at radius 2 is 2.24 bits per heavy atom. The highest BCUT2D eigenvalue weighted by Gasteiger charge is 2.26. The second kappa shape index (κ2) is 6.41. The number of amides is 1. The lowest BCUT2D eigenvalue weighted by molar-refractivity contribution is -0.384. The van der Waals surface area contributed by atoms with E-state index >= 15 is 0 Å². The molecule has 1 aromatic carbocycles. The first-order chi connectivity index (χ1) is 9.90. The molecule has 7 heteroatoms. The number of piperidine rings is 1. The molecule has 1 amide bonds. The van der Waals surface area contributed by atoms with Crippen LogP contribution in [0.5, 0.6) is 0 Å². The maximum absolute atomic E-state index is 12.5. The van der Waals surface area contributed by atoms with Crippen molar-refractivity contribution in [3.63, 3.8) is 0 Å². The molecule has 0 spiro atoms. The number of hydrogen-bond donors (Lipinski definition) is 0. The maximum Gasteiger partial charge on any atom is 0.287 e. The van der Waals surface area contributed by atoms with Gasteiger partial charge >= 0.3 is 0 Å². The average Bonchev–Trinajstić information content (AvgIpc) is 2.45. The Hall–Kier alpha value is -1.66. The molecule has 1 fully saturated rings. The van der Waals surface area contributed by atoms with Crippen molar-refractivity contribution >= 4 is 23.2 Å². The number of nitrogens with zero attached hydrogens (tertiary/aromatic N) is 3. The molecule has 0 aliphatic carbocycles. The number of hydrogen-bond acceptors (Lipinski definition) is 4. The highest BCUT2D eigenvalue weighted by atomic mass is 35.5. The van der Waals surface area contributed by atoms with E-state index in [1.807, 2.05) is 7.05 Å². The minimum atomic E-state index is -0.559. The van der Waals surface area contributed by atoms with Crippen molar-refractivity contribution in [1.29, 1.82) is 0 Å². The highest BCUT2D eigenvalue weighted by molar-refractivity contribution is 6.33. The first kappa shape index (κ1) is 15.7. The highest BCUT2D eigenvalue weighted by Crippen LogP contribution is 2.26.